The maximum atomic E-state index is 12.6. The number of rotatable bonds is 4. The number of amides is 2. The summed E-state index contributed by atoms with van der Waals surface area (Å²) in [6.07, 6.45) is 1.32. The molecule has 1 aliphatic rings. The van der Waals surface area contributed by atoms with Gasteiger partial charge in [-0.3, -0.25) is 9.59 Å². The number of aromatic nitrogens is 1. The van der Waals surface area contributed by atoms with Crippen LogP contribution in [0.1, 0.15) is 16.8 Å². The van der Waals surface area contributed by atoms with Gasteiger partial charge in [-0.25, -0.2) is 9.88 Å². The Morgan fingerprint density at radius 3 is 2.56 bits per heavy atom. The number of benzene rings is 1. The van der Waals surface area contributed by atoms with Crippen molar-refractivity contribution in [1.29, 1.82) is 0 Å². The molecule has 1 atom stereocenters. The summed E-state index contributed by atoms with van der Waals surface area (Å²) in [6.45, 7) is 0. The highest BCUT2D eigenvalue weighted by atomic mass is 35.5. The molecule has 0 bridgehead atoms. The Bertz CT molecular complexity index is 870. The van der Waals surface area contributed by atoms with Crippen molar-refractivity contribution in [3.63, 3.8) is 0 Å². The molecule has 128 valence electrons. The van der Waals surface area contributed by atoms with E-state index in [1.54, 1.807) is 0 Å². The van der Waals surface area contributed by atoms with Gasteiger partial charge in [0.15, 0.2) is 0 Å². The van der Waals surface area contributed by atoms with E-state index >= 15 is 0 Å². The highest BCUT2D eigenvalue weighted by molar-refractivity contribution is 8.00. The number of hydrogen-bond donors (Lipinski definition) is 0. The van der Waals surface area contributed by atoms with Crippen LogP contribution in [0, 0.1) is 0 Å². The number of anilines is 1. The Labute approximate surface area is 156 Å². The normalized spacial score (nSPS) is 17.2. The second-order valence-corrected chi connectivity index (χ2v) is 7.21. The SMILES string of the molecule is O=C([O-])c1cccnc1S[C@H]1CC(=O)N(c2cc(Cl)cc(Cl)c2)C1=O. The quantitative estimate of drug-likeness (QED) is 0.736. The lowest BCUT2D eigenvalue weighted by molar-refractivity contribution is -0.255. The summed E-state index contributed by atoms with van der Waals surface area (Å²) in [4.78, 5) is 41.0. The summed E-state index contributed by atoms with van der Waals surface area (Å²) < 4.78 is 0. The first kappa shape index (κ1) is 17.7. The Morgan fingerprint density at radius 1 is 1.24 bits per heavy atom. The van der Waals surface area contributed by atoms with Gasteiger partial charge in [-0.1, -0.05) is 35.0 Å². The molecule has 0 aliphatic carbocycles. The number of aromatic carboxylic acids is 1. The summed E-state index contributed by atoms with van der Waals surface area (Å²) >= 11 is 12.8. The van der Waals surface area contributed by atoms with Crippen molar-refractivity contribution >= 4 is 58.4 Å². The number of carboxylic acid groups (broad SMARTS) is 1. The Morgan fingerprint density at radius 2 is 1.92 bits per heavy atom. The molecule has 9 heteroatoms. The lowest BCUT2D eigenvalue weighted by Crippen LogP contribution is -2.31. The van der Waals surface area contributed by atoms with Gasteiger partial charge in [0.1, 0.15) is 5.03 Å². The summed E-state index contributed by atoms with van der Waals surface area (Å²) in [5.74, 6) is -2.30. The third kappa shape index (κ3) is 3.63. The van der Waals surface area contributed by atoms with Crippen molar-refractivity contribution in [2.75, 3.05) is 4.90 Å². The van der Waals surface area contributed by atoms with Crippen molar-refractivity contribution in [1.82, 2.24) is 4.98 Å². The molecule has 0 saturated carbocycles. The van der Waals surface area contributed by atoms with E-state index < -0.39 is 23.0 Å². The van der Waals surface area contributed by atoms with Crippen LogP contribution in [0.5, 0.6) is 0 Å². The Hall–Kier alpha value is -2.09. The van der Waals surface area contributed by atoms with Crippen LogP contribution in [-0.4, -0.2) is 28.0 Å². The minimum atomic E-state index is -1.40. The van der Waals surface area contributed by atoms with E-state index in [0.717, 1.165) is 16.7 Å². The molecule has 0 N–H and O–H groups in total. The zero-order valence-corrected chi connectivity index (χ0v) is 14.8. The van der Waals surface area contributed by atoms with Crippen LogP contribution in [0.25, 0.3) is 0 Å². The van der Waals surface area contributed by atoms with Crippen molar-refractivity contribution in [3.8, 4) is 0 Å². The smallest absolute Gasteiger partial charge is 0.247 e. The van der Waals surface area contributed by atoms with Crippen LogP contribution >= 0.6 is 35.0 Å². The summed E-state index contributed by atoms with van der Waals surface area (Å²) in [5, 5.41) is 11.1. The predicted molar refractivity (Wildman–Crippen MR) is 91.8 cm³/mol. The molecule has 0 radical (unpaired) electrons. The van der Waals surface area contributed by atoms with Gasteiger partial charge >= 0.3 is 0 Å². The fourth-order valence-corrected chi connectivity index (χ4v) is 4.03. The van der Waals surface area contributed by atoms with E-state index in [4.69, 9.17) is 23.2 Å². The fourth-order valence-electron chi connectivity index (χ4n) is 2.41. The monoisotopic (exact) mass is 395 g/mol. The number of imide groups is 1. The van der Waals surface area contributed by atoms with Crippen LogP contribution in [0.3, 0.4) is 0 Å². The predicted octanol–water partition coefficient (Wildman–Crippen LogP) is 2.18. The molecule has 0 spiro atoms. The van der Waals surface area contributed by atoms with Gasteiger partial charge in [-0.15, -0.1) is 0 Å². The van der Waals surface area contributed by atoms with E-state index in [2.05, 4.69) is 4.98 Å². The number of thioether (sulfide) groups is 1. The first-order valence-electron chi connectivity index (χ1n) is 7.02. The topological polar surface area (TPSA) is 90.4 Å². The minimum absolute atomic E-state index is 0.0866. The summed E-state index contributed by atoms with van der Waals surface area (Å²) in [7, 11) is 0. The standard InChI is InChI=1S/C16H10Cl2N2O4S/c17-8-4-9(18)6-10(5-8)20-13(21)7-12(15(20)22)25-14-11(16(23)24)2-1-3-19-14/h1-6,12H,7H2,(H,23,24)/p-1/t12-/m0/s1. The molecule has 2 amide bonds. The van der Waals surface area contributed by atoms with E-state index in [1.165, 1.54) is 36.5 Å². The van der Waals surface area contributed by atoms with Gasteiger partial charge in [-0.05, 0) is 30.3 Å². The molecule has 3 rings (SSSR count). The number of carbonyl (C=O) groups excluding carboxylic acids is 3. The maximum Gasteiger partial charge on any atom is 0.247 e. The molecule has 1 aromatic carbocycles. The summed E-state index contributed by atoms with van der Waals surface area (Å²) in [5.41, 5.74) is 0.147. The third-order valence-corrected chi connectivity index (χ3v) is 5.09. The van der Waals surface area contributed by atoms with Gasteiger partial charge in [0.2, 0.25) is 11.8 Å². The average Bonchev–Trinajstić information content (AvgIpc) is 2.80. The first-order valence-corrected chi connectivity index (χ1v) is 8.66. The molecule has 1 saturated heterocycles. The van der Waals surface area contributed by atoms with E-state index in [0.29, 0.717) is 10.0 Å². The maximum absolute atomic E-state index is 12.6. The number of hydrogen-bond acceptors (Lipinski definition) is 6. The first-order chi connectivity index (χ1) is 11.9. The fraction of sp³-hybridized carbons (Fsp3) is 0.125. The second-order valence-electron chi connectivity index (χ2n) is 5.15. The number of carboxylic acids is 1. The number of carbonyl (C=O) groups is 3. The van der Waals surface area contributed by atoms with Gasteiger partial charge in [0, 0.05) is 28.2 Å². The lowest BCUT2D eigenvalue weighted by Gasteiger charge is -2.16. The Balaban J connectivity index is 1.88. The molecule has 6 nitrogen and oxygen atoms in total. The van der Waals surface area contributed by atoms with Gasteiger partial charge < -0.3 is 9.90 Å². The molecule has 2 heterocycles. The number of pyridine rings is 1. The van der Waals surface area contributed by atoms with Crippen molar-refractivity contribution < 1.29 is 19.5 Å². The highest BCUT2D eigenvalue weighted by Gasteiger charge is 2.40. The van der Waals surface area contributed by atoms with Crippen LogP contribution in [-0.2, 0) is 9.59 Å². The van der Waals surface area contributed by atoms with Crippen molar-refractivity contribution in [2.45, 2.75) is 16.7 Å². The van der Waals surface area contributed by atoms with Gasteiger partial charge in [-0.2, -0.15) is 0 Å². The zero-order chi connectivity index (χ0) is 18.1. The zero-order valence-electron chi connectivity index (χ0n) is 12.4. The van der Waals surface area contributed by atoms with Crippen LogP contribution in [0.15, 0.2) is 41.6 Å². The largest absolute Gasteiger partial charge is 0.545 e. The van der Waals surface area contributed by atoms with E-state index in [1.807, 2.05) is 0 Å². The molecular weight excluding hydrogens is 387 g/mol. The van der Waals surface area contributed by atoms with E-state index in [9.17, 15) is 19.5 Å². The minimum Gasteiger partial charge on any atom is -0.545 e. The van der Waals surface area contributed by atoms with Crippen molar-refractivity contribution in [2.24, 2.45) is 0 Å². The average molecular weight is 396 g/mol. The molecule has 2 aromatic rings. The van der Waals surface area contributed by atoms with Crippen LogP contribution < -0.4 is 10.0 Å². The molecule has 1 aliphatic heterocycles. The Kier molecular flexibility index (Phi) is 4.99. The molecular formula is C16H9Cl2N2O4S-. The molecule has 0 unspecified atom stereocenters. The molecule has 1 aromatic heterocycles. The third-order valence-electron chi connectivity index (χ3n) is 3.46. The van der Waals surface area contributed by atoms with Crippen LogP contribution in [0.2, 0.25) is 10.0 Å². The number of halogens is 2. The molecule has 25 heavy (non-hydrogen) atoms. The van der Waals surface area contributed by atoms with E-state index in [-0.39, 0.29) is 22.7 Å². The molecule has 1 fully saturated rings. The lowest BCUT2D eigenvalue weighted by atomic mass is 10.3. The van der Waals surface area contributed by atoms with Gasteiger partial charge in [0.25, 0.3) is 0 Å². The second kappa shape index (κ2) is 7.03. The number of nitrogens with zero attached hydrogens (tertiary/aromatic N) is 2. The summed E-state index contributed by atoms with van der Waals surface area (Å²) in [6, 6.07) is 7.20. The van der Waals surface area contributed by atoms with Gasteiger partial charge in [0.05, 0.1) is 16.9 Å². The van der Waals surface area contributed by atoms with Crippen molar-refractivity contribution in [3.05, 3.63) is 52.1 Å². The van der Waals surface area contributed by atoms with Crippen LogP contribution in [0.4, 0.5) is 5.69 Å². The highest BCUT2D eigenvalue weighted by Crippen LogP contribution is 2.36.